The summed E-state index contributed by atoms with van der Waals surface area (Å²) in [6.45, 7) is 0.539. The van der Waals surface area contributed by atoms with Crippen LogP contribution in [0.25, 0.3) is 0 Å². The van der Waals surface area contributed by atoms with Crippen molar-refractivity contribution in [2.45, 2.75) is 38.1 Å². The first-order valence-electron chi connectivity index (χ1n) is 7.18. The van der Waals surface area contributed by atoms with Crippen molar-refractivity contribution >= 4 is 10.0 Å². The van der Waals surface area contributed by atoms with Gasteiger partial charge in [-0.05, 0) is 43.7 Å². The maximum atomic E-state index is 11.9. The lowest BCUT2D eigenvalue weighted by Gasteiger charge is -2.26. The molecule has 112 valence electrons. The summed E-state index contributed by atoms with van der Waals surface area (Å²) in [6.07, 6.45) is 6.17. The van der Waals surface area contributed by atoms with E-state index < -0.39 is 10.0 Å². The Morgan fingerprint density at radius 1 is 1.25 bits per heavy atom. The smallest absolute Gasteiger partial charge is 0.211 e. The number of pyridine rings is 1. The summed E-state index contributed by atoms with van der Waals surface area (Å²) in [5, 5.41) is 0. The third-order valence-corrected chi connectivity index (χ3v) is 5.18. The van der Waals surface area contributed by atoms with E-state index in [1.165, 1.54) is 0 Å². The van der Waals surface area contributed by atoms with Crippen LogP contribution in [0.4, 0.5) is 0 Å². The number of aryl methyl sites for hydroxylation is 1. The fourth-order valence-corrected chi connectivity index (χ4v) is 3.61. The number of sulfonamides is 1. The number of rotatable bonds is 6. The van der Waals surface area contributed by atoms with E-state index in [-0.39, 0.29) is 5.75 Å². The maximum Gasteiger partial charge on any atom is 0.211 e. The van der Waals surface area contributed by atoms with Crippen LogP contribution in [0, 0.1) is 5.92 Å². The van der Waals surface area contributed by atoms with Gasteiger partial charge in [-0.15, -0.1) is 0 Å². The second kappa shape index (κ2) is 7.15. The molecule has 0 unspecified atom stereocenters. The first-order chi connectivity index (χ1) is 9.55. The number of hydrogen-bond acceptors (Lipinski definition) is 4. The van der Waals surface area contributed by atoms with Gasteiger partial charge in [0, 0.05) is 30.9 Å². The molecule has 0 bridgehead atoms. The van der Waals surface area contributed by atoms with Crippen LogP contribution in [0.15, 0.2) is 24.4 Å². The van der Waals surface area contributed by atoms with Gasteiger partial charge in [-0.2, -0.15) is 0 Å². The molecule has 20 heavy (non-hydrogen) atoms. The molecule has 6 heteroatoms. The van der Waals surface area contributed by atoms with Crippen molar-refractivity contribution in [1.29, 1.82) is 0 Å². The predicted octanol–water partition coefficient (Wildman–Crippen LogP) is 1.06. The van der Waals surface area contributed by atoms with Crippen LogP contribution in [0.1, 0.15) is 31.4 Å². The zero-order valence-electron chi connectivity index (χ0n) is 11.7. The molecule has 3 N–H and O–H groups in total. The minimum atomic E-state index is -3.21. The van der Waals surface area contributed by atoms with E-state index in [9.17, 15) is 8.42 Å². The molecule has 1 aliphatic carbocycles. The second-order valence-corrected chi connectivity index (χ2v) is 7.45. The standard InChI is InChI=1S/C14H23N3O2S/c15-13-6-4-12(5-7-13)11-17-20(18,19)10-8-14-3-1-2-9-16-14/h1-3,9,12-13,17H,4-8,10-11,15H2. The van der Waals surface area contributed by atoms with Crippen LogP contribution in [0.5, 0.6) is 0 Å². The van der Waals surface area contributed by atoms with Gasteiger partial charge in [0.1, 0.15) is 0 Å². The Kier molecular flexibility index (Phi) is 5.51. The summed E-state index contributed by atoms with van der Waals surface area (Å²) in [5.41, 5.74) is 6.65. The summed E-state index contributed by atoms with van der Waals surface area (Å²) in [7, 11) is -3.21. The Balaban J connectivity index is 1.74. The summed E-state index contributed by atoms with van der Waals surface area (Å²) in [4.78, 5) is 4.13. The van der Waals surface area contributed by atoms with E-state index in [1.807, 2.05) is 18.2 Å². The van der Waals surface area contributed by atoms with E-state index in [4.69, 9.17) is 5.73 Å². The number of nitrogens with two attached hydrogens (primary N) is 1. The maximum absolute atomic E-state index is 11.9. The topological polar surface area (TPSA) is 85.1 Å². The summed E-state index contributed by atoms with van der Waals surface area (Å²) in [6, 6.07) is 5.84. The minimum absolute atomic E-state index is 0.0935. The van der Waals surface area contributed by atoms with E-state index in [1.54, 1.807) is 6.20 Å². The Bertz CT molecular complexity index is 496. The highest BCUT2D eigenvalue weighted by Crippen LogP contribution is 2.22. The molecule has 1 heterocycles. The average molecular weight is 297 g/mol. The lowest BCUT2D eigenvalue weighted by Crippen LogP contribution is -2.35. The van der Waals surface area contributed by atoms with Gasteiger partial charge in [0.25, 0.3) is 0 Å². The Morgan fingerprint density at radius 3 is 2.65 bits per heavy atom. The van der Waals surface area contributed by atoms with Gasteiger partial charge in [-0.1, -0.05) is 6.07 Å². The van der Waals surface area contributed by atoms with E-state index in [2.05, 4.69) is 9.71 Å². The Hall–Kier alpha value is -0.980. The quantitative estimate of drug-likeness (QED) is 0.822. The number of aromatic nitrogens is 1. The highest BCUT2D eigenvalue weighted by atomic mass is 32.2. The molecule has 1 aliphatic rings. The number of nitrogens with zero attached hydrogens (tertiary/aromatic N) is 1. The fourth-order valence-electron chi connectivity index (χ4n) is 2.49. The predicted molar refractivity (Wildman–Crippen MR) is 79.7 cm³/mol. The first-order valence-corrected chi connectivity index (χ1v) is 8.83. The van der Waals surface area contributed by atoms with E-state index >= 15 is 0 Å². The van der Waals surface area contributed by atoms with Crippen molar-refractivity contribution < 1.29 is 8.42 Å². The van der Waals surface area contributed by atoms with Gasteiger partial charge in [0.2, 0.25) is 10.0 Å². The van der Waals surface area contributed by atoms with Gasteiger partial charge in [0.15, 0.2) is 0 Å². The van der Waals surface area contributed by atoms with Gasteiger partial charge in [-0.25, -0.2) is 13.1 Å². The number of nitrogens with one attached hydrogen (secondary N) is 1. The molecular formula is C14H23N3O2S. The van der Waals surface area contributed by atoms with Gasteiger partial charge < -0.3 is 5.73 Å². The molecule has 0 aliphatic heterocycles. The van der Waals surface area contributed by atoms with Crippen LogP contribution in [-0.2, 0) is 16.4 Å². The molecule has 0 spiro atoms. The molecule has 0 amide bonds. The zero-order valence-corrected chi connectivity index (χ0v) is 12.5. The van der Waals surface area contributed by atoms with E-state index in [0.717, 1.165) is 31.4 Å². The summed E-state index contributed by atoms with van der Waals surface area (Å²) in [5.74, 6) is 0.524. The molecule has 5 nitrogen and oxygen atoms in total. The van der Waals surface area contributed by atoms with Crippen molar-refractivity contribution in [3.63, 3.8) is 0 Å². The molecular weight excluding hydrogens is 274 g/mol. The second-order valence-electron chi connectivity index (χ2n) is 5.52. The zero-order chi connectivity index (χ0) is 14.4. The van der Waals surface area contributed by atoms with Crippen LogP contribution in [0.3, 0.4) is 0 Å². The summed E-state index contributed by atoms with van der Waals surface area (Å²) >= 11 is 0. The fraction of sp³-hybridized carbons (Fsp3) is 0.643. The molecule has 1 fully saturated rings. The van der Waals surface area contributed by atoms with Crippen molar-refractivity contribution in [3.05, 3.63) is 30.1 Å². The minimum Gasteiger partial charge on any atom is -0.328 e. The van der Waals surface area contributed by atoms with Crippen LogP contribution in [-0.4, -0.2) is 31.7 Å². The molecule has 0 saturated heterocycles. The largest absolute Gasteiger partial charge is 0.328 e. The molecule has 0 radical (unpaired) electrons. The number of hydrogen-bond donors (Lipinski definition) is 2. The summed E-state index contributed by atoms with van der Waals surface area (Å²) < 4.78 is 26.6. The molecule has 0 aromatic carbocycles. The van der Waals surface area contributed by atoms with Crippen LogP contribution in [0.2, 0.25) is 0 Å². The van der Waals surface area contributed by atoms with Crippen molar-refractivity contribution in [2.75, 3.05) is 12.3 Å². The third-order valence-electron chi connectivity index (χ3n) is 3.84. The van der Waals surface area contributed by atoms with Gasteiger partial charge in [-0.3, -0.25) is 4.98 Å². The molecule has 0 atom stereocenters. The molecule has 1 aromatic heterocycles. The third kappa shape index (κ3) is 5.19. The van der Waals surface area contributed by atoms with Crippen LogP contribution >= 0.6 is 0 Å². The molecule has 1 saturated carbocycles. The van der Waals surface area contributed by atoms with Crippen molar-refractivity contribution in [3.8, 4) is 0 Å². The SMILES string of the molecule is NC1CCC(CNS(=O)(=O)CCc2ccccn2)CC1. The van der Waals surface area contributed by atoms with Gasteiger partial charge >= 0.3 is 0 Å². The molecule has 1 aromatic rings. The average Bonchev–Trinajstić information content (AvgIpc) is 2.46. The Morgan fingerprint density at radius 2 is 2.00 bits per heavy atom. The molecule has 2 rings (SSSR count). The Labute approximate surface area is 121 Å². The van der Waals surface area contributed by atoms with Gasteiger partial charge in [0.05, 0.1) is 5.75 Å². The van der Waals surface area contributed by atoms with Crippen molar-refractivity contribution in [2.24, 2.45) is 11.7 Å². The highest BCUT2D eigenvalue weighted by molar-refractivity contribution is 7.89. The van der Waals surface area contributed by atoms with E-state index in [0.29, 0.717) is 24.9 Å². The normalized spacial score (nSPS) is 23.6. The first kappa shape index (κ1) is 15.4. The monoisotopic (exact) mass is 297 g/mol. The highest BCUT2D eigenvalue weighted by Gasteiger charge is 2.20. The van der Waals surface area contributed by atoms with Crippen LogP contribution < -0.4 is 10.5 Å². The lowest BCUT2D eigenvalue weighted by atomic mass is 9.87. The lowest BCUT2D eigenvalue weighted by molar-refractivity contribution is 0.326. The van der Waals surface area contributed by atoms with Crippen molar-refractivity contribution in [1.82, 2.24) is 9.71 Å².